The molecule has 0 radical (unpaired) electrons. The van der Waals surface area contributed by atoms with Crippen LogP contribution in [0.25, 0.3) is 0 Å². The molecule has 0 aliphatic heterocycles. The SMILES string of the molecule is CCOC(=O)CNC(=O)CSc1nnc(NC(=O)CSCc2ccccc2)s1. The first kappa shape index (κ1) is 22.2. The summed E-state index contributed by atoms with van der Waals surface area (Å²) in [5, 5.41) is 13.4. The van der Waals surface area contributed by atoms with Crippen molar-refractivity contribution in [3.8, 4) is 0 Å². The molecule has 0 aliphatic rings. The van der Waals surface area contributed by atoms with Crippen LogP contribution in [0.5, 0.6) is 0 Å². The zero-order valence-corrected chi connectivity index (χ0v) is 17.6. The van der Waals surface area contributed by atoms with E-state index in [9.17, 15) is 14.4 Å². The van der Waals surface area contributed by atoms with E-state index in [1.807, 2.05) is 30.3 Å². The molecule has 2 rings (SSSR count). The maximum atomic E-state index is 12.0. The minimum atomic E-state index is -0.480. The lowest BCUT2D eigenvalue weighted by Crippen LogP contribution is -2.31. The molecule has 2 amide bonds. The minimum absolute atomic E-state index is 0.0922. The summed E-state index contributed by atoms with van der Waals surface area (Å²) in [6.45, 7) is 1.81. The second kappa shape index (κ2) is 12.4. The summed E-state index contributed by atoms with van der Waals surface area (Å²) >= 11 is 3.89. The maximum Gasteiger partial charge on any atom is 0.325 e. The largest absolute Gasteiger partial charge is 0.465 e. The number of nitrogens with one attached hydrogen (secondary N) is 2. The van der Waals surface area contributed by atoms with Gasteiger partial charge in [-0.3, -0.25) is 19.7 Å². The molecule has 0 unspecified atom stereocenters. The van der Waals surface area contributed by atoms with Crippen molar-refractivity contribution in [1.29, 1.82) is 0 Å². The number of carbonyl (C=O) groups is 3. The molecule has 150 valence electrons. The quantitative estimate of drug-likeness (QED) is 0.311. The van der Waals surface area contributed by atoms with Gasteiger partial charge in [0.25, 0.3) is 0 Å². The summed E-state index contributed by atoms with van der Waals surface area (Å²) in [6, 6.07) is 9.92. The molecule has 0 aliphatic carbocycles. The Balaban J connectivity index is 1.65. The molecular weight excluding hydrogens is 420 g/mol. The van der Waals surface area contributed by atoms with Gasteiger partial charge in [-0.15, -0.1) is 22.0 Å². The van der Waals surface area contributed by atoms with Crippen molar-refractivity contribution in [2.75, 3.05) is 30.0 Å². The summed E-state index contributed by atoms with van der Waals surface area (Å²) < 4.78 is 5.28. The van der Waals surface area contributed by atoms with E-state index >= 15 is 0 Å². The van der Waals surface area contributed by atoms with Crippen molar-refractivity contribution in [2.24, 2.45) is 0 Å². The highest BCUT2D eigenvalue weighted by molar-refractivity contribution is 8.01. The van der Waals surface area contributed by atoms with Gasteiger partial charge in [0.1, 0.15) is 6.54 Å². The summed E-state index contributed by atoms with van der Waals surface area (Å²) in [5.41, 5.74) is 1.16. The van der Waals surface area contributed by atoms with E-state index in [1.165, 1.54) is 34.9 Å². The number of esters is 1. The number of anilines is 1. The smallest absolute Gasteiger partial charge is 0.325 e. The lowest BCUT2D eigenvalue weighted by atomic mass is 10.2. The van der Waals surface area contributed by atoms with Gasteiger partial charge in [0, 0.05) is 5.75 Å². The van der Waals surface area contributed by atoms with Gasteiger partial charge in [0.15, 0.2) is 4.34 Å². The average molecular weight is 441 g/mol. The molecule has 0 atom stereocenters. The monoisotopic (exact) mass is 440 g/mol. The lowest BCUT2D eigenvalue weighted by molar-refractivity contribution is -0.143. The predicted octanol–water partition coefficient (Wildman–Crippen LogP) is 2.18. The minimum Gasteiger partial charge on any atom is -0.465 e. The van der Waals surface area contributed by atoms with Gasteiger partial charge >= 0.3 is 5.97 Å². The van der Waals surface area contributed by atoms with Crippen LogP contribution in [0.15, 0.2) is 34.7 Å². The third-order valence-electron chi connectivity index (χ3n) is 3.06. The summed E-state index contributed by atoms with van der Waals surface area (Å²) in [5.74, 6) is 0.220. The third-order valence-corrected chi connectivity index (χ3v) is 6.04. The first-order chi connectivity index (χ1) is 13.6. The van der Waals surface area contributed by atoms with Crippen LogP contribution in [0, 0.1) is 0 Å². The molecule has 0 bridgehead atoms. The Bertz CT molecular complexity index is 786. The van der Waals surface area contributed by atoms with Gasteiger partial charge in [0.2, 0.25) is 16.9 Å². The van der Waals surface area contributed by atoms with Crippen LogP contribution in [-0.4, -0.2) is 52.6 Å². The number of amides is 2. The first-order valence-corrected chi connectivity index (χ1v) is 11.3. The van der Waals surface area contributed by atoms with Crippen LogP contribution < -0.4 is 10.6 Å². The number of thioether (sulfide) groups is 2. The van der Waals surface area contributed by atoms with Crippen LogP contribution in [-0.2, 0) is 24.9 Å². The van der Waals surface area contributed by atoms with Gasteiger partial charge in [0.05, 0.1) is 18.1 Å². The van der Waals surface area contributed by atoms with Crippen molar-refractivity contribution in [3.63, 3.8) is 0 Å². The second-order valence-electron chi connectivity index (χ2n) is 5.27. The third kappa shape index (κ3) is 8.72. The van der Waals surface area contributed by atoms with Crippen LogP contribution in [0.2, 0.25) is 0 Å². The topological polar surface area (TPSA) is 110 Å². The van der Waals surface area contributed by atoms with Gasteiger partial charge < -0.3 is 10.1 Å². The van der Waals surface area contributed by atoms with Crippen molar-refractivity contribution in [3.05, 3.63) is 35.9 Å². The van der Waals surface area contributed by atoms with Gasteiger partial charge in [-0.05, 0) is 12.5 Å². The van der Waals surface area contributed by atoms with E-state index in [-0.39, 0.29) is 30.7 Å². The Morgan fingerprint density at radius 1 is 1.11 bits per heavy atom. The summed E-state index contributed by atoms with van der Waals surface area (Å²) in [4.78, 5) is 34.8. The summed E-state index contributed by atoms with van der Waals surface area (Å²) in [6.07, 6.45) is 0. The number of nitrogens with zero attached hydrogens (tertiary/aromatic N) is 2. The molecule has 2 aromatic rings. The van der Waals surface area contributed by atoms with E-state index in [2.05, 4.69) is 20.8 Å². The molecule has 0 fully saturated rings. The van der Waals surface area contributed by atoms with Crippen molar-refractivity contribution in [2.45, 2.75) is 17.0 Å². The molecule has 0 spiro atoms. The predicted molar refractivity (Wildman–Crippen MR) is 112 cm³/mol. The Kier molecular flexibility index (Phi) is 9.80. The standard InChI is InChI=1S/C17H20N4O4S3/c1-2-25-15(24)8-18-13(22)11-27-17-21-20-16(28-17)19-14(23)10-26-9-12-6-4-3-5-7-12/h3-7H,2,8-11H2,1H3,(H,18,22)(H,19,20,23). The molecule has 8 nitrogen and oxygen atoms in total. The Hall–Kier alpha value is -2.11. The summed E-state index contributed by atoms with van der Waals surface area (Å²) in [7, 11) is 0. The molecule has 2 N–H and O–H groups in total. The second-order valence-corrected chi connectivity index (χ2v) is 8.46. The van der Waals surface area contributed by atoms with E-state index < -0.39 is 5.97 Å². The lowest BCUT2D eigenvalue weighted by Gasteiger charge is -2.03. The zero-order valence-electron chi connectivity index (χ0n) is 15.2. The Morgan fingerprint density at radius 2 is 1.89 bits per heavy atom. The fraction of sp³-hybridized carbons (Fsp3) is 0.353. The number of benzene rings is 1. The van der Waals surface area contributed by atoms with Crippen molar-refractivity contribution >= 4 is 57.8 Å². The maximum absolute atomic E-state index is 12.0. The molecule has 1 aromatic heterocycles. The highest BCUT2D eigenvalue weighted by Gasteiger charge is 2.11. The number of ether oxygens (including phenoxy) is 1. The highest BCUT2D eigenvalue weighted by atomic mass is 32.2. The molecule has 0 saturated carbocycles. The van der Waals surface area contributed by atoms with Crippen LogP contribution in [0.1, 0.15) is 12.5 Å². The average Bonchev–Trinajstić information content (AvgIpc) is 3.13. The van der Waals surface area contributed by atoms with Gasteiger partial charge in [-0.2, -0.15) is 0 Å². The normalized spacial score (nSPS) is 10.3. The fourth-order valence-corrected chi connectivity index (χ4v) is 4.26. The van der Waals surface area contributed by atoms with E-state index in [4.69, 9.17) is 4.74 Å². The first-order valence-electron chi connectivity index (χ1n) is 8.37. The number of hydrogen-bond acceptors (Lipinski definition) is 9. The van der Waals surface area contributed by atoms with Crippen LogP contribution in [0.3, 0.4) is 0 Å². The van der Waals surface area contributed by atoms with E-state index in [1.54, 1.807) is 6.92 Å². The zero-order chi connectivity index (χ0) is 20.2. The number of hydrogen-bond donors (Lipinski definition) is 2. The molecular formula is C17H20N4O4S3. The Labute approximate surface area is 175 Å². The van der Waals surface area contributed by atoms with E-state index in [0.717, 1.165) is 11.3 Å². The fourth-order valence-electron chi connectivity index (χ4n) is 1.87. The molecule has 28 heavy (non-hydrogen) atoms. The molecule has 1 heterocycles. The number of carbonyl (C=O) groups excluding carboxylic acids is 3. The van der Waals surface area contributed by atoms with E-state index in [0.29, 0.717) is 15.2 Å². The van der Waals surface area contributed by atoms with Crippen LogP contribution >= 0.6 is 34.9 Å². The number of rotatable bonds is 11. The van der Waals surface area contributed by atoms with Gasteiger partial charge in [-0.25, -0.2) is 0 Å². The molecule has 11 heteroatoms. The van der Waals surface area contributed by atoms with Crippen molar-refractivity contribution in [1.82, 2.24) is 15.5 Å². The Morgan fingerprint density at radius 3 is 2.64 bits per heavy atom. The van der Waals surface area contributed by atoms with Crippen molar-refractivity contribution < 1.29 is 19.1 Å². The van der Waals surface area contributed by atoms with Gasteiger partial charge in [-0.1, -0.05) is 53.4 Å². The highest BCUT2D eigenvalue weighted by Crippen LogP contribution is 2.25. The molecule has 0 saturated heterocycles. The molecule has 1 aromatic carbocycles. The number of aromatic nitrogens is 2. The van der Waals surface area contributed by atoms with Crippen LogP contribution in [0.4, 0.5) is 5.13 Å².